The van der Waals surface area contributed by atoms with Gasteiger partial charge in [0.1, 0.15) is 11.2 Å². The summed E-state index contributed by atoms with van der Waals surface area (Å²) in [6.45, 7) is 3.53. The first-order chi connectivity index (χ1) is 22.1. The quantitative estimate of drug-likeness (QED) is 0.225. The minimum absolute atomic E-state index is 0.0961. The van der Waals surface area contributed by atoms with E-state index in [4.69, 9.17) is 34.8 Å². The van der Waals surface area contributed by atoms with Crippen molar-refractivity contribution in [1.82, 2.24) is 24.9 Å². The van der Waals surface area contributed by atoms with Crippen molar-refractivity contribution in [3.05, 3.63) is 91.2 Å². The largest absolute Gasteiger partial charge is 0.339 e. The lowest BCUT2D eigenvalue weighted by molar-refractivity contribution is -0.137. The van der Waals surface area contributed by atoms with Crippen molar-refractivity contribution in [3.8, 4) is 11.8 Å². The number of piperidine rings is 2. The van der Waals surface area contributed by atoms with Gasteiger partial charge in [0.05, 0.1) is 12.2 Å². The average molecular weight is 679 g/mol. The highest BCUT2D eigenvalue weighted by molar-refractivity contribution is 6.36. The number of imide groups is 1. The van der Waals surface area contributed by atoms with E-state index >= 15 is 0 Å². The standard InChI is InChI=1S/C34H30Cl3N5O4/c1-20-23(32(37)42(39-20)19-26-27(35)6-3-7-28(26)36)10-13-31(44)40-16-14-21(15-17-40)8-9-22-4-2-5-24-25(22)18-41(34(24)46)29-11-12-30(43)38-33(29)45/h2-7,10,13,21,29H,11-12,14-19H2,1H3,(H,38,43,45)/b13-10+. The van der Waals surface area contributed by atoms with Crippen molar-refractivity contribution in [3.63, 3.8) is 0 Å². The molecule has 6 rings (SSSR count). The maximum Gasteiger partial charge on any atom is 0.255 e. The number of rotatable bonds is 5. The molecule has 2 saturated heterocycles. The summed E-state index contributed by atoms with van der Waals surface area (Å²) in [4.78, 5) is 53.5. The maximum absolute atomic E-state index is 13.1. The van der Waals surface area contributed by atoms with E-state index in [1.807, 2.05) is 13.0 Å². The van der Waals surface area contributed by atoms with Crippen LogP contribution < -0.4 is 5.32 Å². The summed E-state index contributed by atoms with van der Waals surface area (Å²) in [6, 6.07) is 10.1. The molecule has 2 aromatic carbocycles. The Bertz CT molecular complexity index is 1830. The third-order valence-corrected chi connectivity index (χ3v) is 9.78. The van der Waals surface area contributed by atoms with Crippen molar-refractivity contribution in [2.45, 2.75) is 51.7 Å². The first-order valence-corrected chi connectivity index (χ1v) is 16.1. The molecule has 46 heavy (non-hydrogen) atoms. The number of fused-ring (bicyclic) bond motifs is 1. The minimum Gasteiger partial charge on any atom is -0.339 e. The van der Waals surface area contributed by atoms with Crippen molar-refractivity contribution in [1.29, 1.82) is 0 Å². The molecule has 12 heteroatoms. The van der Waals surface area contributed by atoms with Gasteiger partial charge in [-0.05, 0) is 62.1 Å². The first kappa shape index (κ1) is 31.9. The van der Waals surface area contributed by atoms with Crippen LogP contribution in [0.15, 0.2) is 42.5 Å². The number of aromatic nitrogens is 2. The molecule has 0 radical (unpaired) electrons. The number of nitrogens with one attached hydrogen (secondary N) is 1. The highest BCUT2D eigenvalue weighted by Gasteiger charge is 2.39. The third-order valence-electron chi connectivity index (χ3n) is 8.67. The van der Waals surface area contributed by atoms with Crippen LogP contribution in [0.4, 0.5) is 0 Å². The monoisotopic (exact) mass is 677 g/mol. The predicted molar refractivity (Wildman–Crippen MR) is 175 cm³/mol. The molecule has 3 aliphatic heterocycles. The van der Waals surface area contributed by atoms with Crippen molar-refractivity contribution >= 4 is 64.5 Å². The Kier molecular flexibility index (Phi) is 9.23. The highest BCUT2D eigenvalue weighted by atomic mass is 35.5. The molecule has 4 amide bonds. The maximum atomic E-state index is 13.1. The topological polar surface area (TPSA) is 105 Å². The lowest BCUT2D eigenvalue weighted by Gasteiger charge is -2.29. The summed E-state index contributed by atoms with van der Waals surface area (Å²) >= 11 is 19.3. The van der Waals surface area contributed by atoms with Crippen LogP contribution in [0.2, 0.25) is 15.2 Å². The van der Waals surface area contributed by atoms with E-state index in [1.165, 1.54) is 11.0 Å². The van der Waals surface area contributed by atoms with Gasteiger partial charge in [0.2, 0.25) is 17.7 Å². The molecule has 3 aromatic rings. The van der Waals surface area contributed by atoms with Crippen LogP contribution in [-0.4, -0.2) is 62.3 Å². The zero-order chi connectivity index (χ0) is 32.5. The smallest absolute Gasteiger partial charge is 0.255 e. The van der Waals surface area contributed by atoms with E-state index in [2.05, 4.69) is 22.3 Å². The Morgan fingerprint density at radius 3 is 2.48 bits per heavy atom. The Morgan fingerprint density at radius 1 is 1.04 bits per heavy atom. The predicted octanol–water partition coefficient (Wildman–Crippen LogP) is 5.26. The summed E-state index contributed by atoms with van der Waals surface area (Å²) in [6.07, 6.45) is 5.18. The van der Waals surface area contributed by atoms with E-state index in [0.29, 0.717) is 63.6 Å². The zero-order valence-electron chi connectivity index (χ0n) is 25.0. The molecule has 9 nitrogen and oxygen atoms in total. The van der Waals surface area contributed by atoms with E-state index < -0.39 is 11.9 Å². The van der Waals surface area contributed by atoms with Gasteiger partial charge in [0.15, 0.2) is 0 Å². The number of carbonyl (C=O) groups is 4. The van der Waals surface area contributed by atoms with Crippen molar-refractivity contribution in [2.24, 2.45) is 5.92 Å². The van der Waals surface area contributed by atoms with Crippen LogP contribution >= 0.6 is 34.8 Å². The summed E-state index contributed by atoms with van der Waals surface area (Å²) < 4.78 is 1.61. The van der Waals surface area contributed by atoms with Gasteiger partial charge in [-0.3, -0.25) is 24.5 Å². The fourth-order valence-corrected chi connectivity index (χ4v) is 6.90. The van der Waals surface area contributed by atoms with Gasteiger partial charge in [0, 0.05) is 70.3 Å². The average Bonchev–Trinajstić information content (AvgIpc) is 3.51. The van der Waals surface area contributed by atoms with E-state index in [-0.39, 0.29) is 36.6 Å². The number of aryl methyl sites for hydroxylation is 1. The number of hydrogen-bond acceptors (Lipinski definition) is 5. The second kappa shape index (κ2) is 13.3. The van der Waals surface area contributed by atoms with Crippen molar-refractivity contribution < 1.29 is 19.2 Å². The Labute approximate surface area is 281 Å². The molecule has 0 bridgehead atoms. The fraction of sp³-hybridized carbons (Fsp3) is 0.324. The van der Waals surface area contributed by atoms with Gasteiger partial charge < -0.3 is 9.80 Å². The van der Waals surface area contributed by atoms with Gasteiger partial charge in [-0.2, -0.15) is 5.10 Å². The summed E-state index contributed by atoms with van der Waals surface area (Å²) in [5.41, 5.74) is 4.15. The van der Waals surface area contributed by atoms with Gasteiger partial charge in [-0.1, -0.05) is 58.8 Å². The Hall–Kier alpha value is -4.10. The number of halogens is 3. The Balaban J connectivity index is 1.06. The molecule has 2 fully saturated rings. The molecular formula is C34H30Cl3N5O4. The highest BCUT2D eigenvalue weighted by Crippen LogP contribution is 2.31. The molecule has 236 valence electrons. The number of nitrogens with zero attached hydrogens (tertiary/aromatic N) is 4. The van der Waals surface area contributed by atoms with Crippen molar-refractivity contribution in [2.75, 3.05) is 13.1 Å². The molecule has 1 atom stereocenters. The molecule has 1 N–H and O–H groups in total. The number of likely N-dealkylation sites (tertiary alicyclic amines) is 1. The fourth-order valence-electron chi connectivity index (χ4n) is 6.08. The van der Waals surface area contributed by atoms with Crippen LogP contribution in [-0.2, 0) is 27.5 Å². The Morgan fingerprint density at radius 2 is 1.76 bits per heavy atom. The lowest BCUT2D eigenvalue weighted by atomic mass is 9.96. The van der Waals surface area contributed by atoms with E-state index in [1.54, 1.807) is 46.0 Å². The summed E-state index contributed by atoms with van der Waals surface area (Å²) in [7, 11) is 0. The lowest BCUT2D eigenvalue weighted by Crippen LogP contribution is -2.52. The van der Waals surface area contributed by atoms with Crippen LogP contribution in [0.3, 0.4) is 0 Å². The normalized spacial score (nSPS) is 18.5. The van der Waals surface area contributed by atoms with Gasteiger partial charge in [-0.15, -0.1) is 0 Å². The molecule has 1 aromatic heterocycles. The molecule has 0 aliphatic carbocycles. The molecule has 4 heterocycles. The molecule has 1 unspecified atom stereocenters. The number of hydrogen-bond donors (Lipinski definition) is 1. The van der Waals surface area contributed by atoms with E-state index in [0.717, 1.165) is 24.0 Å². The van der Waals surface area contributed by atoms with Gasteiger partial charge in [-0.25, -0.2) is 4.68 Å². The number of amides is 4. The SMILES string of the molecule is Cc1nn(Cc2c(Cl)cccc2Cl)c(Cl)c1/C=C/C(=O)N1CCC(C#Cc2cccc3c2CN(C2CCC(=O)NC2=O)C3=O)CC1. The molecular weight excluding hydrogens is 649 g/mol. The number of benzene rings is 2. The zero-order valence-corrected chi connectivity index (χ0v) is 27.3. The minimum atomic E-state index is -0.669. The van der Waals surface area contributed by atoms with E-state index in [9.17, 15) is 19.2 Å². The van der Waals surface area contributed by atoms with Crippen LogP contribution in [0.25, 0.3) is 6.08 Å². The summed E-state index contributed by atoms with van der Waals surface area (Å²) in [5, 5.41) is 8.29. The van der Waals surface area contributed by atoms with Crippen LogP contribution in [0, 0.1) is 24.7 Å². The second-order valence-electron chi connectivity index (χ2n) is 11.6. The molecule has 0 saturated carbocycles. The molecule has 0 spiro atoms. The molecule has 3 aliphatic rings. The van der Waals surface area contributed by atoms with Crippen LogP contribution in [0.1, 0.15) is 64.0 Å². The van der Waals surface area contributed by atoms with Gasteiger partial charge in [0.25, 0.3) is 5.91 Å². The van der Waals surface area contributed by atoms with Crippen LogP contribution in [0.5, 0.6) is 0 Å². The van der Waals surface area contributed by atoms with Gasteiger partial charge >= 0.3 is 0 Å². The number of carbonyl (C=O) groups excluding carboxylic acids is 4. The first-order valence-electron chi connectivity index (χ1n) is 15.0. The summed E-state index contributed by atoms with van der Waals surface area (Å²) in [5.74, 6) is 5.62. The second-order valence-corrected chi connectivity index (χ2v) is 12.8. The third kappa shape index (κ3) is 6.43.